The van der Waals surface area contributed by atoms with E-state index in [1.807, 2.05) is 5.38 Å². The molecule has 0 aromatic carbocycles. The van der Waals surface area contributed by atoms with Crippen LogP contribution >= 0.6 is 11.3 Å². The van der Waals surface area contributed by atoms with Gasteiger partial charge >= 0.3 is 5.97 Å². The summed E-state index contributed by atoms with van der Waals surface area (Å²) in [4.78, 5) is 23.5. The first kappa shape index (κ1) is 13.9. The van der Waals surface area contributed by atoms with Gasteiger partial charge in [0.15, 0.2) is 0 Å². The Kier molecular flexibility index (Phi) is 4.42. The fraction of sp³-hybridized carbons (Fsp3) is 0.538. The average molecular weight is 283 g/mol. The van der Waals surface area contributed by atoms with E-state index in [1.165, 1.54) is 18.4 Å². The monoisotopic (exact) mass is 283 g/mol. The second-order valence-corrected chi connectivity index (χ2v) is 5.59. The van der Waals surface area contributed by atoms with Crippen LogP contribution in [0.4, 0.5) is 0 Å². The van der Waals surface area contributed by atoms with E-state index in [9.17, 15) is 9.59 Å². The smallest absolute Gasteiger partial charge is 0.306 e. The van der Waals surface area contributed by atoms with E-state index in [2.05, 4.69) is 5.32 Å². The van der Waals surface area contributed by atoms with Crippen LogP contribution in [0.1, 0.15) is 35.4 Å². The van der Waals surface area contributed by atoms with Crippen LogP contribution in [0.15, 0.2) is 11.4 Å². The van der Waals surface area contributed by atoms with Crippen molar-refractivity contribution in [3.05, 3.63) is 16.3 Å². The maximum absolute atomic E-state index is 12.1. The number of hydrogen-bond acceptors (Lipinski definition) is 4. The lowest BCUT2D eigenvalue weighted by Gasteiger charge is -2.26. The molecule has 6 heteroatoms. The minimum absolute atomic E-state index is 0.0647. The third-order valence-electron chi connectivity index (χ3n) is 3.47. The summed E-state index contributed by atoms with van der Waals surface area (Å²) >= 11 is 1.35. The third kappa shape index (κ3) is 3.26. The standard InChI is InChI=1S/C13H17NO4S/c1-18-10-6-7-19-11(10)12(15)14-9-4-2-8(3-5-9)13(16)17/h6-9H,2-5H2,1H3,(H,14,15)(H,16,17). The molecule has 1 heterocycles. The zero-order valence-corrected chi connectivity index (χ0v) is 11.5. The number of amides is 1. The third-order valence-corrected chi connectivity index (χ3v) is 4.36. The molecule has 0 unspecified atom stereocenters. The highest BCUT2D eigenvalue weighted by molar-refractivity contribution is 7.12. The summed E-state index contributed by atoms with van der Waals surface area (Å²) in [5.74, 6) is -0.540. The Labute approximate surface area is 115 Å². The Morgan fingerprint density at radius 1 is 1.37 bits per heavy atom. The van der Waals surface area contributed by atoms with Crippen molar-refractivity contribution in [1.29, 1.82) is 0 Å². The summed E-state index contributed by atoms with van der Waals surface area (Å²) in [5, 5.41) is 13.7. The molecular formula is C13H17NO4S. The quantitative estimate of drug-likeness (QED) is 0.887. The summed E-state index contributed by atoms with van der Waals surface area (Å²) in [5.41, 5.74) is 0. The summed E-state index contributed by atoms with van der Waals surface area (Å²) in [6, 6.07) is 1.83. The lowest BCUT2D eigenvalue weighted by atomic mass is 9.86. The number of methoxy groups -OCH3 is 1. The molecule has 0 bridgehead atoms. The molecule has 0 atom stereocenters. The number of nitrogens with one attached hydrogen (secondary N) is 1. The van der Waals surface area contributed by atoms with Crippen LogP contribution in [-0.4, -0.2) is 30.1 Å². The fourth-order valence-corrected chi connectivity index (χ4v) is 3.12. The van der Waals surface area contributed by atoms with Gasteiger partial charge in [0.05, 0.1) is 13.0 Å². The molecule has 2 N–H and O–H groups in total. The average Bonchev–Trinajstić information content (AvgIpc) is 2.87. The Hall–Kier alpha value is -1.56. The van der Waals surface area contributed by atoms with E-state index in [1.54, 1.807) is 6.07 Å². The van der Waals surface area contributed by atoms with E-state index in [0.29, 0.717) is 23.5 Å². The lowest BCUT2D eigenvalue weighted by Crippen LogP contribution is -2.38. The molecule has 5 nitrogen and oxygen atoms in total. The molecule has 1 fully saturated rings. The highest BCUT2D eigenvalue weighted by Gasteiger charge is 2.27. The zero-order valence-electron chi connectivity index (χ0n) is 10.7. The fourth-order valence-electron chi connectivity index (χ4n) is 2.36. The van der Waals surface area contributed by atoms with Gasteiger partial charge in [-0.05, 0) is 37.1 Å². The van der Waals surface area contributed by atoms with E-state index in [4.69, 9.17) is 9.84 Å². The first-order valence-electron chi connectivity index (χ1n) is 6.27. The molecule has 1 aliphatic rings. The predicted octanol–water partition coefficient (Wildman–Crippen LogP) is 2.13. The number of carbonyl (C=O) groups is 2. The number of rotatable bonds is 4. The maximum atomic E-state index is 12.1. The molecule has 19 heavy (non-hydrogen) atoms. The van der Waals surface area contributed by atoms with Crippen LogP contribution in [0, 0.1) is 5.92 Å². The van der Waals surface area contributed by atoms with Crippen LogP contribution in [0.2, 0.25) is 0 Å². The summed E-state index contributed by atoms with van der Waals surface area (Å²) in [7, 11) is 1.54. The second kappa shape index (κ2) is 6.06. The largest absolute Gasteiger partial charge is 0.495 e. The van der Waals surface area contributed by atoms with Crippen LogP contribution in [-0.2, 0) is 4.79 Å². The Bertz CT molecular complexity index is 463. The lowest BCUT2D eigenvalue weighted by molar-refractivity contribution is -0.142. The van der Waals surface area contributed by atoms with Crippen molar-refractivity contribution in [2.24, 2.45) is 5.92 Å². The minimum Gasteiger partial charge on any atom is -0.495 e. The van der Waals surface area contributed by atoms with Crippen molar-refractivity contribution in [2.45, 2.75) is 31.7 Å². The van der Waals surface area contributed by atoms with Crippen molar-refractivity contribution in [3.8, 4) is 5.75 Å². The van der Waals surface area contributed by atoms with Crippen molar-refractivity contribution in [2.75, 3.05) is 7.11 Å². The van der Waals surface area contributed by atoms with Gasteiger partial charge in [-0.25, -0.2) is 0 Å². The van der Waals surface area contributed by atoms with E-state index in [0.717, 1.165) is 12.8 Å². The molecule has 0 radical (unpaired) electrons. The van der Waals surface area contributed by atoms with Crippen LogP contribution in [0.3, 0.4) is 0 Å². The molecule has 0 saturated heterocycles. The number of carboxylic acids is 1. The molecule has 1 aromatic rings. The number of thiophene rings is 1. The number of carboxylic acid groups (broad SMARTS) is 1. The van der Waals surface area contributed by atoms with Crippen LogP contribution in [0.25, 0.3) is 0 Å². The van der Waals surface area contributed by atoms with Gasteiger partial charge in [-0.15, -0.1) is 11.3 Å². The normalized spacial score (nSPS) is 22.8. The van der Waals surface area contributed by atoms with Gasteiger partial charge in [0.25, 0.3) is 5.91 Å². The van der Waals surface area contributed by atoms with Gasteiger partial charge in [0.2, 0.25) is 0 Å². The molecule has 1 amide bonds. The molecule has 1 aliphatic carbocycles. The van der Waals surface area contributed by atoms with Crippen LogP contribution < -0.4 is 10.1 Å². The van der Waals surface area contributed by atoms with Crippen molar-refractivity contribution in [1.82, 2.24) is 5.32 Å². The van der Waals surface area contributed by atoms with Crippen LogP contribution in [0.5, 0.6) is 5.75 Å². The molecule has 104 valence electrons. The van der Waals surface area contributed by atoms with E-state index in [-0.39, 0.29) is 17.9 Å². The predicted molar refractivity (Wildman–Crippen MR) is 71.7 cm³/mol. The van der Waals surface area contributed by atoms with E-state index >= 15 is 0 Å². The molecule has 1 saturated carbocycles. The Morgan fingerprint density at radius 2 is 2.05 bits per heavy atom. The topological polar surface area (TPSA) is 75.6 Å². The van der Waals surface area contributed by atoms with Gasteiger partial charge in [-0.2, -0.15) is 0 Å². The zero-order chi connectivity index (χ0) is 13.8. The first-order chi connectivity index (χ1) is 9.11. The molecular weight excluding hydrogens is 266 g/mol. The van der Waals surface area contributed by atoms with Gasteiger partial charge in [-0.3, -0.25) is 9.59 Å². The van der Waals surface area contributed by atoms with Gasteiger partial charge in [0.1, 0.15) is 10.6 Å². The maximum Gasteiger partial charge on any atom is 0.306 e. The number of ether oxygens (including phenoxy) is 1. The summed E-state index contributed by atoms with van der Waals surface area (Å²) in [6.07, 6.45) is 2.69. The second-order valence-electron chi connectivity index (χ2n) is 4.68. The Morgan fingerprint density at radius 3 is 2.63 bits per heavy atom. The number of aliphatic carboxylic acids is 1. The van der Waals surface area contributed by atoms with Crippen molar-refractivity contribution < 1.29 is 19.4 Å². The first-order valence-corrected chi connectivity index (χ1v) is 7.15. The molecule has 0 aliphatic heterocycles. The van der Waals surface area contributed by atoms with Gasteiger partial charge < -0.3 is 15.2 Å². The SMILES string of the molecule is COc1ccsc1C(=O)NC1CCC(C(=O)O)CC1. The minimum atomic E-state index is -0.732. The summed E-state index contributed by atoms with van der Waals surface area (Å²) in [6.45, 7) is 0. The summed E-state index contributed by atoms with van der Waals surface area (Å²) < 4.78 is 5.12. The van der Waals surface area contributed by atoms with Gasteiger partial charge in [0, 0.05) is 6.04 Å². The Balaban J connectivity index is 1.89. The van der Waals surface area contributed by atoms with E-state index < -0.39 is 5.97 Å². The molecule has 0 spiro atoms. The number of carbonyl (C=O) groups excluding carboxylic acids is 1. The molecule has 2 rings (SSSR count). The highest BCUT2D eigenvalue weighted by Crippen LogP contribution is 2.27. The van der Waals surface area contributed by atoms with Crippen molar-refractivity contribution in [3.63, 3.8) is 0 Å². The highest BCUT2D eigenvalue weighted by atomic mass is 32.1. The van der Waals surface area contributed by atoms with Crippen molar-refractivity contribution >= 4 is 23.2 Å². The molecule has 1 aromatic heterocycles. The number of hydrogen-bond donors (Lipinski definition) is 2. The van der Waals surface area contributed by atoms with Gasteiger partial charge in [-0.1, -0.05) is 0 Å².